The minimum absolute atomic E-state index is 0.0736. The van der Waals surface area contributed by atoms with Gasteiger partial charge in [0.15, 0.2) is 0 Å². The Morgan fingerprint density at radius 2 is 2.35 bits per heavy atom. The monoisotopic (exact) mass is 269 g/mol. The van der Waals surface area contributed by atoms with Crippen LogP contribution in [-0.2, 0) is 17.9 Å². The van der Waals surface area contributed by atoms with E-state index in [4.69, 9.17) is 11.0 Å². The summed E-state index contributed by atoms with van der Waals surface area (Å²) in [5, 5.41) is 12.8. The fraction of sp³-hybridized carbons (Fsp3) is 0.214. The number of hydrogen-bond acceptors (Lipinski definition) is 4. The average Bonchev–Trinajstić information content (AvgIpc) is 2.84. The van der Waals surface area contributed by atoms with Crippen LogP contribution < -0.4 is 5.73 Å². The summed E-state index contributed by atoms with van der Waals surface area (Å²) in [5.41, 5.74) is 7.58. The summed E-state index contributed by atoms with van der Waals surface area (Å²) in [4.78, 5) is 13.6. The number of nitriles is 1. The van der Waals surface area contributed by atoms with Gasteiger partial charge in [0, 0.05) is 19.8 Å². The molecule has 6 heteroatoms. The standard InChI is InChI=1S/C14H15N5O/c1-18(8-12-4-2-3-11(5-12)6-15)14(20)10-19-9-13(16)7-17-19/h2-5,7,9H,8,10,16H2,1H3. The highest BCUT2D eigenvalue weighted by Crippen LogP contribution is 2.07. The predicted molar refractivity (Wildman–Crippen MR) is 74.3 cm³/mol. The predicted octanol–water partition coefficient (Wildman–Crippen LogP) is 0.996. The molecule has 2 aromatic rings. The molecule has 1 heterocycles. The number of nitrogens with two attached hydrogens (primary N) is 1. The third kappa shape index (κ3) is 3.36. The Morgan fingerprint density at radius 3 is 3.00 bits per heavy atom. The Labute approximate surface area is 117 Å². The lowest BCUT2D eigenvalue weighted by molar-refractivity contribution is -0.131. The molecule has 0 saturated heterocycles. The Kier molecular flexibility index (Phi) is 4.01. The number of rotatable bonds is 4. The third-order valence-electron chi connectivity index (χ3n) is 2.85. The number of amides is 1. The molecule has 0 bridgehead atoms. The van der Waals surface area contributed by atoms with Crippen LogP contribution in [0, 0.1) is 11.3 Å². The first kappa shape index (κ1) is 13.6. The van der Waals surface area contributed by atoms with Crippen LogP contribution in [0.2, 0.25) is 0 Å². The second kappa shape index (κ2) is 5.89. The van der Waals surface area contributed by atoms with Crippen molar-refractivity contribution < 1.29 is 4.79 Å². The highest BCUT2D eigenvalue weighted by molar-refractivity contribution is 5.75. The maximum atomic E-state index is 12.0. The molecular formula is C14H15N5O. The molecular weight excluding hydrogens is 254 g/mol. The van der Waals surface area contributed by atoms with Crippen molar-refractivity contribution in [2.24, 2.45) is 0 Å². The van der Waals surface area contributed by atoms with Crippen molar-refractivity contribution in [2.45, 2.75) is 13.1 Å². The highest BCUT2D eigenvalue weighted by Gasteiger charge is 2.11. The highest BCUT2D eigenvalue weighted by atomic mass is 16.2. The van der Waals surface area contributed by atoms with Crippen molar-refractivity contribution in [3.63, 3.8) is 0 Å². The number of carbonyl (C=O) groups excluding carboxylic acids is 1. The topological polar surface area (TPSA) is 87.9 Å². The zero-order valence-corrected chi connectivity index (χ0v) is 11.2. The summed E-state index contributed by atoms with van der Waals surface area (Å²) < 4.78 is 1.50. The number of nitrogen functional groups attached to an aromatic ring is 1. The molecule has 1 amide bonds. The van der Waals surface area contributed by atoms with Gasteiger partial charge >= 0.3 is 0 Å². The van der Waals surface area contributed by atoms with E-state index in [1.54, 1.807) is 36.3 Å². The van der Waals surface area contributed by atoms with Crippen LogP contribution in [0.25, 0.3) is 0 Å². The normalized spacial score (nSPS) is 10.0. The zero-order valence-electron chi connectivity index (χ0n) is 11.2. The Balaban J connectivity index is 1.98. The van der Waals surface area contributed by atoms with Gasteiger partial charge in [-0.25, -0.2) is 0 Å². The van der Waals surface area contributed by atoms with Gasteiger partial charge in [-0.15, -0.1) is 0 Å². The van der Waals surface area contributed by atoms with Crippen LogP contribution in [0.5, 0.6) is 0 Å². The van der Waals surface area contributed by atoms with E-state index < -0.39 is 0 Å². The van der Waals surface area contributed by atoms with Gasteiger partial charge in [0.1, 0.15) is 6.54 Å². The van der Waals surface area contributed by atoms with Gasteiger partial charge in [-0.05, 0) is 17.7 Å². The molecule has 0 atom stereocenters. The minimum Gasteiger partial charge on any atom is -0.396 e. The minimum atomic E-state index is -0.0736. The number of hydrogen-bond donors (Lipinski definition) is 1. The largest absolute Gasteiger partial charge is 0.396 e. The van der Waals surface area contributed by atoms with E-state index in [2.05, 4.69) is 11.2 Å². The number of nitrogens with zero attached hydrogens (tertiary/aromatic N) is 4. The molecule has 0 saturated carbocycles. The second-order valence-corrected chi connectivity index (χ2v) is 4.53. The molecule has 0 aliphatic heterocycles. The first-order valence-electron chi connectivity index (χ1n) is 6.09. The van der Waals surface area contributed by atoms with Crippen molar-refractivity contribution >= 4 is 11.6 Å². The Hall–Kier alpha value is -2.81. The lowest BCUT2D eigenvalue weighted by Crippen LogP contribution is -2.29. The van der Waals surface area contributed by atoms with E-state index in [0.29, 0.717) is 17.8 Å². The molecule has 0 aliphatic carbocycles. The van der Waals surface area contributed by atoms with Gasteiger partial charge in [0.05, 0.1) is 23.5 Å². The van der Waals surface area contributed by atoms with Crippen molar-refractivity contribution in [1.29, 1.82) is 5.26 Å². The van der Waals surface area contributed by atoms with Crippen molar-refractivity contribution in [3.05, 3.63) is 47.8 Å². The van der Waals surface area contributed by atoms with E-state index in [0.717, 1.165) is 5.56 Å². The fourth-order valence-corrected chi connectivity index (χ4v) is 1.83. The number of benzene rings is 1. The van der Waals surface area contributed by atoms with E-state index in [9.17, 15) is 4.79 Å². The second-order valence-electron chi connectivity index (χ2n) is 4.53. The lowest BCUT2D eigenvalue weighted by Gasteiger charge is -2.17. The van der Waals surface area contributed by atoms with Crippen LogP contribution in [0.3, 0.4) is 0 Å². The van der Waals surface area contributed by atoms with Crippen LogP contribution >= 0.6 is 0 Å². The van der Waals surface area contributed by atoms with Crippen molar-refractivity contribution in [2.75, 3.05) is 12.8 Å². The van der Waals surface area contributed by atoms with Crippen molar-refractivity contribution in [1.82, 2.24) is 14.7 Å². The molecule has 0 unspecified atom stereocenters. The fourth-order valence-electron chi connectivity index (χ4n) is 1.83. The van der Waals surface area contributed by atoms with Crippen LogP contribution in [0.15, 0.2) is 36.7 Å². The van der Waals surface area contributed by atoms with Gasteiger partial charge in [-0.3, -0.25) is 9.48 Å². The quantitative estimate of drug-likeness (QED) is 0.896. The average molecular weight is 269 g/mol. The van der Waals surface area contributed by atoms with E-state index >= 15 is 0 Å². The smallest absolute Gasteiger partial charge is 0.244 e. The summed E-state index contributed by atoms with van der Waals surface area (Å²) in [6.07, 6.45) is 3.12. The van der Waals surface area contributed by atoms with Gasteiger partial charge in [-0.2, -0.15) is 10.4 Å². The SMILES string of the molecule is CN(Cc1cccc(C#N)c1)C(=O)Cn1cc(N)cn1. The zero-order chi connectivity index (χ0) is 14.5. The number of carbonyl (C=O) groups is 1. The van der Waals surface area contributed by atoms with Crippen LogP contribution in [-0.4, -0.2) is 27.6 Å². The van der Waals surface area contributed by atoms with Gasteiger partial charge in [0.25, 0.3) is 0 Å². The first-order chi connectivity index (χ1) is 9.58. The van der Waals surface area contributed by atoms with Crippen molar-refractivity contribution in [3.8, 4) is 6.07 Å². The molecule has 0 aliphatic rings. The van der Waals surface area contributed by atoms with Crippen LogP contribution in [0.1, 0.15) is 11.1 Å². The maximum Gasteiger partial charge on any atom is 0.244 e. The Morgan fingerprint density at radius 1 is 1.55 bits per heavy atom. The molecule has 0 radical (unpaired) electrons. The molecule has 1 aromatic carbocycles. The molecule has 20 heavy (non-hydrogen) atoms. The Bertz CT molecular complexity index is 656. The molecule has 0 fully saturated rings. The van der Waals surface area contributed by atoms with E-state index in [1.165, 1.54) is 10.9 Å². The van der Waals surface area contributed by atoms with E-state index in [1.807, 2.05) is 6.07 Å². The number of aromatic nitrogens is 2. The molecule has 6 nitrogen and oxygen atoms in total. The van der Waals surface area contributed by atoms with Gasteiger partial charge in [-0.1, -0.05) is 12.1 Å². The molecule has 1 aromatic heterocycles. The summed E-state index contributed by atoms with van der Waals surface area (Å²) in [6, 6.07) is 9.28. The summed E-state index contributed by atoms with van der Waals surface area (Å²) >= 11 is 0. The molecule has 2 rings (SSSR count). The van der Waals surface area contributed by atoms with Gasteiger partial charge < -0.3 is 10.6 Å². The number of likely N-dealkylation sites (N-methyl/N-ethyl adjacent to an activating group) is 1. The molecule has 2 N–H and O–H groups in total. The lowest BCUT2D eigenvalue weighted by atomic mass is 10.1. The van der Waals surface area contributed by atoms with Gasteiger partial charge in [0.2, 0.25) is 5.91 Å². The van der Waals surface area contributed by atoms with E-state index in [-0.39, 0.29) is 12.5 Å². The molecule has 102 valence electrons. The van der Waals surface area contributed by atoms with Crippen LogP contribution in [0.4, 0.5) is 5.69 Å². The first-order valence-corrected chi connectivity index (χ1v) is 6.09. The molecule has 0 spiro atoms. The summed E-state index contributed by atoms with van der Waals surface area (Å²) in [7, 11) is 1.72. The maximum absolute atomic E-state index is 12.0. The third-order valence-corrected chi connectivity index (χ3v) is 2.85. The summed E-state index contributed by atoms with van der Waals surface area (Å²) in [5.74, 6) is -0.0736. The summed E-state index contributed by atoms with van der Waals surface area (Å²) in [6.45, 7) is 0.594. The number of anilines is 1.